The van der Waals surface area contributed by atoms with Crippen molar-refractivity contribution in [1.29, 1.82) is 0 Å². The second-order valence-corrected chi connectivity index (χ2v) is 15.9. The molecule has 2 unspecified atom stereocenters. The molecule has 0 aliphatic heterocycles. The first-order valence-electron chi connectivity index (χ1n) is 17.8. The number of allylic oxidation sites excluding steroid dienone is 2. The Labute approximate surface area is 310 Å². The van der Waals surface area contributed by atoms with E-state index in [1.165, 1.54) is 41.9 Å². The largest absolute Gasteiger partial charge is 0.510 e. The van der Waals surface area contributed by atoms with Crippen LogP contribution in [-0.4, -0.2) is 68.7 Å². The van der Waals surface area contributed by atoms with E-state index in [4.69, 9.17) is 9.47 Å². The normalized spacial score (nSPS) is 19.1. The van der Waals surface area contributed by atoms with Crippen LogP contribution in [0.25, 0.3) is 0 Å². The monoisotopic (exact) mass is 738 g/mol. The van der Waals surface area contributed by atoms with E-state index in [0.717, 1.165) is 0 Å². The molecule has 290 valence electrons. The van der Waals surface area contributed by atoms with E-state index in [9.17, 15) is 49.5 Å². The van der Waals surface area contributed by atoms with E-state index < -0.39 is 86.9 Å². The lowest BCUT2D eigenvalue weighted by atomic mass is 9.57. The van der Waals surface area contributed by atoms with Crippen LogP contribution in [0, 0.1) is 42.4 Å². The quantitative estimate of drug-likeness (QED) is 0.0713. The van der Waals surface area contributed by atoms with Crippen molar-refractivity contribution in [2.75, 3.05) is 14.2 Å². The maximum Gasteiger partial charge on any atom is 0.183 e. The Balaban J connectivity index is 2.42. The molecule has 0 aromatic heterocycles. The second kappa shape index (κ2) is 15.6. The molecular formula is C41H54O12. The minimum atomic E-state index is -2.26. The van der Waals surface area contributed by atoms with Crippen molar-refractivity contribution in [1.82, 2.24) is 0 Å². The lowest BCUT2D eigenvalue weighted by Crippen LogP contribution is -2.54. The highest BCUT2D eigenvalue weighted by atomic mass is 16.5. The fraction of sp³-hybridized carbons (Fsp3) is 0.537. The number of hydrogen-bond donors (Lipinski definition) is 5. The number of methoxy groups -OCH3 is 2. The van der Waals surface area contributed by atoms with Crippen LogP contribution in [0.1, 0.15) is 118 Å². The maximum atomic E-state index is 14.9. The fourth-order valence-corrected chi connectivity index (χ4v) is 7.33. The Morgan fingerprint density at radius 2 is 0.925 bits per heavy atom. The number of phenols is 4. The third-order valence-electron chi connectivity index (χ3n) is 10.0. The smallest absolute Gasteiger partial charge is 0.183 e. The van der Waals surface area contributed by atoms with Crippen molar-refractivity contribution in [3.63, 3.8) is 0 Å². The van der Waals surface area contributed by atoms with Crippen molar-refractivity contribution < 1.29 is 59.0 Å². The van der Waals surface area contributed by atoms with Crippen molar-refractivity contribution in [2.24, 2.45) is 28.6 Å². The summed E-state index contributed by atoms with van der Waals surface area (Å²) in [4.78, 5) is 70.0. The van der Waals surface area contributed by atoms with Gasteiger partial charge < -0.3 is 35.0 Å². The molecule has 0 bridgehead atoms. The highest BCUT2D eigenvalue weighted by Crippen LogP contribution is 2.53. The molecule has 0 saturated carbocycles. The third kappa shape index (κ3) is 7.50. The first-order valence-corrected chi connectivity index (χ1v) is 17.8. The number of aliphatic hydroxyl groups excluding tert-OH is 1. The molecule has 12 heteroatoms. The van der Waals surface area contributed by atoms with Gasteiger partial charge in [0.05, 0.1) is 25.0 Å². The summed E-state index contributed by atoms with van der Waals surface area (Å²) in [5.74, 6) is -7.88. The van der Waals surface area contributed by atoms with E-state index >= 15 is 0 Å². The van der Waals surface area contributed by atoms with E-state index in [0.29, 0.717) is 0 Å². The first-order chi connectivity index (χ1) is 24.4. The van der Waals surface area contributed by atoms with Crippen molar-refractivity contribution in [3.8, 4) is 34.5 Å². The van der Waals surface area contributed by atoms with Crippen LogP contribution in [0.3, 0.4) is 0 Å². The molecule has 2 aromatic rings. The lowest BCUT2D eigenvalue weighted by molar-refractivity contribution is -0.147. The molecule has 5 N–H and O–H groups in total. The number of Topliss-reactive ketones (excluding diaryl/α,β-unsaturated/α-hetero) is 5. The van der Waals surface area contributed by atoms with Gasteiger partial charge in [0.1, 0.15) is 57.0 Å². The van der Waals surface area contributed by atoms with Gasteiger partial charge in [0.15, 0.2) is 28.9 Å². The molecule has 0 fully saturated rings. The Hall–Kier alpha value is -4.87. The minimum Gasteiger partial charge on any atom is -0.510 e. The average Bonchev–Trinajstić information content (AvgIpc) is 3.05. The van der Waals surface area contributed by atoms with Crippen molar-refractivity contribution in [2.45, 2.75) is 101 Å². The molecule has 2 atom stereocenters. The van der Waals surface area contributed by atoms with Gasteiger partial charge >= 0.3 is 0 Å². The van der Waals surface area contributed by atoms with Crippen LogP contribution in [0.4, 0.5) is 0 Å². The number of aromatic hydroxyl groups is 4. The van der Waals surface area contributed by atoms with Crippen molar-refractivity contribution in [3.05, 3.63) is 44.7 Å². The molecule has 0 radical (unpaired) electrons. The van der Waals surface area contributed by atoms with E-state index in [1.54, 1.807) is 41.5 Å². The van der Waals surface area contributed by atoms with Crippen LogP contribution in [0.15, 0.2) is 11.3 Å². The number of carbonyl (C=O) groups is 5. The molecule has 0 heterocycles. The zero-order valence-corrected chi connectivity index (χ0v) is 32.9. The summed E-state index contributed by atoms with van der Waals surface area (Å²) < 4.78 is 10.8. The molecule has 0 saturated heterocycles. The molecule has 12 nitrogen and oxygen atoms in total. The number of carbonyl (C=O) groups excluding carboxylic acids is 5. The minimum absolute atomic E-state index is 0.00115. The predicted molar refractivity (Wildman–Crippen MR) is 197 cm³/mol. The summed E-state index contributed by atoms with van der Waals surface area (Å²) in [6.45, 7) is 16.0. The van der Waals surface area contributed by atoms with E-state index in [1.807, 2.05) is 0 Å². The molecule has 53 heavy (non-hydrogen) atoms. The zero-order chi connectivity index (χ0) is 40.7. The van der Waals surface area contributed by atoms with Gasteiger partial charge in [0.25, 0.3) is 0 Å². The Kier molecular flexibility index (Phi) is 12.5. The van der Waals surface area contributed by atoms with Gasteiger partial charge in [-0.1, -0.05) is 41.5 Å². The standard InChI is InChI=1S/C41H54O12/c1-18(2)13-25(42)28-33(47)23(31(45)21(7)35(28)52-11)16-40(9)37(49)30(27(44)15-20(5)6)38(50)41(10,39(40)51)17-24-32(46)22(8)36(53-12)29(34(24)48)26(43)14-19(3)4/h18-20,45-49H,13-17H2,1-12H3. The Morgan fingerprint density at radius 3 is 1.26 bits per heavy atom. The van der Waals surface area contributed by atoms with Crippen LogP contribution >= 0.6 is 0 Å². The van der Waals surface area contributed by atoms with Gasteiger partial charge in [-0.3, -0.25) is 24.0 Å². The highest BCUT2D eigenvalue weighted by Gasteiger charge is 2.59. The number of aliphatic hydroxyl groups is 1. The first kappa shape index (κ1) is 42.5. The molecule has 1 aliphatic carbocycles. The third-order valence-corrected chi connectivity index (χ3v) is 10.0. The summed E-state index contributed by atoms with van der Waals surface area (Å²) in [7, 11) is 2.53. The van der Waals surface area contributed by atoms with Gasteiger partial charge in [0.2, 0.25) is 0 Å². The van der Waals surface area contributed by atoms with Crippen LogP contribution in [0.5, 0.6) is 34.5 Å². The number of phenolic OH excluding ortho intramolecular Hbond substituents is 4. The number of ketones is 5. The van der Waals surface area contributed by atoms with Gasteiger partial charge in [-0.15, -0.1) is 0 Å². The number of rotatable bonds is 15. The van der Waals surface area contributed by atoms with Crippen LogP contribution in [0.2, 0.25) is 0 Å². The summed E-state index contributed by atoms with van der Waals surface area (Å²) in [6.07, 6.45) is -1.58. The molecule has 1 aliphatic rings. The van der Waals surface area contributed by atoms with Gasteiger partial charge in [-0.25, -0.2) is 0 Å². The Bertz CT molecular complexity index is 1900. The Morgan fingerprint density at radius 1 is 0.585 bits per heavy atom. The SMILES string of the molecule is COc1c(C)c(O)c(CC2(C)C(=O)C(C(=O)CC(C)C)=C(O)C(C)(Cc3c(O)c(C)c(OC)c(C(=O)CC(C)C)c3O)C2=O)c(O)c1C(=O)CC(C)C. The van der Waals surface area contributed by atoms with E-state index in [2.05, 4.69) is 0 Å². The molecule has 3 rings (SSSR count). The summed E-state index contributed by atoms with van der Waals surface area (Å²) in [5.41, 5.74) is -6.12. The van der Waals surface area contributed by atoms with Crippen LogP contribution < -0.4 is 9.47 Å². The lowest BCUT2D eigenvalue weighted by Gasteiger charge is -2.42. The van der Waals surface area contributed by atoms with Crippen molar-refractivity contribution >= 4 is 28.9 Å². The summed E-state index contributed by atoms with van der Waals surface area (Å²) in [5, 5.41) is 57.8. The molecule has 0 amide bonds. The molecular weight excluding hydrogens is 684 g/mol. The van der Waals surface area contributed by atoms with E-state index in [-0.39, 0.29) is 81.9 Å². The highest BCUT2D eigenvalue weighted by molar-refractivity contribution is 6.31. The number of benzene rings is 2. The number of ether oxygens (including phenoxy) is 2. The summed E-state index contributed by atoms with van der Waals surface area (Å²) >= 11 is 0. The maximum absolute atomic E-state index is 14.9. The van der Waals surface area contributed by atoms with Crippen LogP contribution in [-0.2, 0) is 27.2 Å². The zero-order valence-electron chi connectivity index (χ0n) is 32.9. The second-order valence-electron chi connectivity index (χ2n) is 15.9. The van der Waals surface area contributed by atoms with Gasteiger partial charge in [-0.2, -0.15) is 0 Å². The molecule has 0 spiro atoms. The van der Waals surface area contributed by atoms with Gasteiger partial charge in [-0.05, 0) is 58.3 Å². The molecule has 2 aromatic carbocycles. The average molecular weight is 739 g/mol. The summed E-state index contributed by atoms with van der Waals surface area (Å²) in [6, 6.07) is 0. The predicted octanol–water partition coefficient (Wildman–Crippen LogP) is 6.98. The number of hydrogen-bond acceptors (Lipinski definition) is 12. The fourth-order valence-electron chi connectivity index (χ4n) is 7.33. The van der Waals surface area contributed by atoms with Gasteiger partial charge in [0, 0.05) is 41.5 Å². The topological polar surface area (TPSA) is 205 Å².